The zero-order valence-corrected chi connectivity index (χ0v) is 51.2. The summed E-state index contributed by atoms with van der Waals surface area (Å²) in [6.45, 7) is 3.25. The molecule has 0 bridgehead atoms. The highest BCUT2D eigenvalue weighted by atomic mass is 19.1. The molecule has 26 nitrogen and oxygen atoms in total. The number of amides is 6. The lowest BCUT2D eigenvalue weighted by Gasteiger charge is -2.38. The Balaban J connectivity index is 0.761. The molecule has 27 heteroatoms. The van der Waals surface area contributed by atoms with Crippen LogP contribution in [0.3, 0.4) is 0 Å². The summed E-state index contributed by atoms with van der Waals surface area (Å²) in [5.41, 5.74) is 3.73. The van der Waals surface area contributed by atoms with Crippen LogP contribution in [0.5, 0.6) is 5.75 Å². The highest BCUT2D eigenvalue weighted by Crippen LogP contribution is 2.46. The molecule has 10 N–H and O–H groups in total. The monoisotopic (exact) mass is 1290 g/mol. The minimum absolute atomic E-state index is 0.0196. The van der Waals surface area contributed by atoms with E-state index in [1.807, 2.05) is 24.3 Å². The van der Waals surface area contributed by atoms with Gasteiger partial charge in [-0.2, -0.15) is 0 Å². The molecule has 11 rings (SSSR count). The van der Waals surface area contributed by atoms with Crippen molar-refractivity contribution in [1.82, 2.24) is 36.1 Å². The number of nitrogens with zero attached hydrogens (tertiary/aromatic N) is 3. The number of esters is 1. The van der Waals surface area contributed by atoms with Crippen LogP contribution in [0.25, 0.3) is 22.3 Å². The summed E-state index contributed by atoms with van der Waals surface area (Å²) < 4.78 is 39.3. The number of pyridine rings is 2. The van der Waals surface area contributed by atoms with Crippen molar-refractivity contribution in [1.29, 1.82) is 0 Å². The van der Waals surface area contributed by atoms with Gasteiger partial charge in [-0.05, 0) is 90.4 Å². The average molecular weight is 1290 g/mol. The Morgan fingerprint density at radius 2 is 1.60 bits per heavy atom. The molecule has 490 valence electrons. The van der Waals surface area contributed by atoms with E-state index < -0.39 is 108 Å². The van der Waals surface area contributed by atoms with Crippen molar-refractivity contribution in [2.24, 2.45) is 0 Å². The molecule has 1 saturated heterocycles. The van der Waals surface area contributed by atoms with E-state index in [0.29, 0.717) is 56.6 Å². The van der Waals surface area contributed by atoms with Gasteiger partial charge in [-0.15, -0.1) is 0 Å². The van der Waals surface area contributed by atoms with Crippen LogP contribution in [0.15, 0.2) is 83.7 Å². The molecule has 1 fully saturated rings. The van der Waals surface area contributed by atoms with Gasteiger partial charge >= 0.3 is 18.0 Å². The van der Waals surface area contributed by atoms with Crippen molar-refractivity contribution < 1.29 is 87.2 Å². The minimum atomic E-state index is -2.11. The molecule has 1 aliphatic carbocycles. The number of aliphatic hydroxyl groups excluding tert-OH is 3. The Labute approximate surface area is 535 Å². The Morgan fingerprint density at radius 3 is 2.36 bits per heavy atom. The second-order valence-corrected chi connectivity index (χ2v) is 23.4. The standard InChI is InChI=1S/C67H67FN8O18/c1-4-50(77)71-28-46(72-52(79)20-21-53(80)75-29-37-12-7-6-10-35(37)15-16-36-11-8-9-13-47(36)75)61(84)69-23-22-51(78)70-27-38-24-34(14-19-49(38)93-64-59(83)57(81)58(82)60(94-64)63(86)87)31-92-66(89)74-44-18-17-39-33(3)43(68)26-45-54(39)55(44)40-30-76-48(56(40)73-45)25-42-41(62(76)85)32-91-65(88)67(42,90)5-2/h6-14,19,24-26,44,46,57-60,64,81-83,90H,4-5,17-18,20-23,27-32H2,1-3H3,(H,69,84)(H,70,78)(H,71,77)(H,72,79)(H,74,89)(H,86,87). The lowest BCUT2D eigenvalue weighted by Crippen LogP contribution is -2.61. The first-order valence-electron chi connectivity index (χ1n) is 30.6. The molecule has 2 aromatic heterocycles. The van der Waals surface area contributed by atoms with E-state index in [1.54, 1.807) is 49.9 Å². The Morgan fingerprint density at radius 1 is 0.840 bits per heavy atom. The minimum Gasteiger partial charge on any atom is -0.479 e. The summed E-state index contributed by atoms with van der Waals surface area (Å²) in [6, 6.07) is 19.5. The number of hydrogen-bond donors (Lipinski definition) is 10. The normalized spacial score (nSPS) is 20.7. The SMILES string of the molecule is CCC(=O)NCC(NC(=O)CCC(=O)N1Cc2ccccc2C#Cc2ccccc21)C(=O)NCCC(=O)NCc1cc(COC(=O)NC2CCc3c(C)c(F)cc4nc5c(c2c34)Cn2c-5cc3c(c2=O)COC(=O)C3(O)CC)ccc1OC1OC(C(=O)O)C(O)C(O)C1O. The van der Waals surface area contributed by atoms with Gasteiger partial charge in [-0.1, -0.05) is 62.1 Å². The average Bonchev–Trinajstić information content (AvgIpc) is 1.49. The Hall–Kier alpha value is -10.1. The molecule has 6 aromatic rings. The van der Waals surface area contributed by atoms with Gasteiger partial charge < -0.3 is 80.5 Å². The fourth-order valence-electron chi connectivity index (χ4n) is 12.4. The van der Waals surface area contributed by atoms with E-state index in [1.165, 1.54) is 34.9 Å². The molecule has 0 spiro atoms. The molecular formula is C67H67FN8O18. The summed E-state index contributed by atoms with van der Waals surface area (Å²) in [4.78, 5) is 126. The fourth-order valence-corrected chi connectivity index (χ4v) is 12.4. The van der Waals surface area contributed by atoms with Gasteiger partial charge in [0.2, 0.25) is 35.8 Å². The molecule has 0 radical (unpaired) electrons. The number of rotatable bonds is 20. The van der Waals surface area contributed by atoms with Crippen molar-refractivity contribution in [2.75, 3.05) is 18.0 Å². The van der Waals surface area contributed by atoms with Gasteiger partial charge in [0, 0.05) is 84.6 Å². The molecule has 4 aliphatic heterocycles. The number of anilines is 1. The van der Waals surface area contributed by atoms with Crippen LogP contribution in [0.4, 0.5) is 14.9 Å². The number of fused-ring (bicyclic) bond motifs is 7. The number of aryl methyl sites for hydroxylation is 1. The van der Waals surface area contributed by atoms with E-state index in [4.69, 9.17) is 23.9 Å². The summed E-state index contributed by atoms with van der Waals surface area (Å²) in [6.07, 6.45) is -11.2. The highest BCUT2D eigenvalue weighted by Gasteiger charge is 2.49. The summed E-state index contributed by atoms with van der Waals surface area (Å²) in [5, 5.41) is 67.0. The van der Waals surface area contributed by atoms with Gasteiger partial charge in [0.15, 0.2) is 11.7 Å². The first-order chi connectivity index (χ1) is 45.1. The molecule has 4 aromatic carbocycles. The van der Waals surface area contributed by atoms with Crippen molar-refractivity contribution in [3.8, 4) is 29.0 Å². The number of benzene rings is 4. The highest BCUT2D eigenvalue weighted by molar-refractivity contribution is 5.98. The summed E-state index contributed by atoms with van der Waals surface area (Å²) in [5.74, 6) is 0.203. The van der Waals surface area contributed by atoms with Gasteiger partial charge in [-0.25, -0.2) is 23.8 Å². The smallest absolute Gasteiger partial charge is 0.407 e. The van der Waals surface area contributed by atoms with Crippen LogP contribution in [0.1, 0.15) is 120 Å². The van der Waals surface area contributed by atoms with Crippen LogP contribution < -0.4 is 41.8 Å². The number of halogens is 1. The molecule has 8 atom stereocenters. The van der Waals surface area contributed by atoms with Crippen molar-refractivity contribution in [3.05, 3.63) is 156 Å². The molecule has 5 aliphatic rings. The third-order valence-corrected chi connectivity index (χ3v) is 17.6. The van der Waals surface area contributed by atoms with Crippen molar-refractivity contribution in [2.45, 2.75) is 147 Å². The second-order valence-electron chi connectivity index (χ2n) is 23.4. The maximum absolute atomic E-state index is 15.6. The quantitative estimate of drug-likeness (QED) is 0.0387. The van der Waals surface area contributed by atoms with Crippen molar-refractivity contribution in [3.63, 3.8) is 0 Å². The largest absolute Gasteiger partial charge is 0.479 e. The lowest BCUT2D eigenvalue weighted by molar-refractivity contribution is -0.271. The van der Waals surface area contributed by atoms with E-state index >= 15 is 4.39 Å². The first-order valence-corrected chi connectivity index (χ1v) is 30.6. The number of aliphatic carboxylic acids is 1. The van der Waals surface area contributed by atoms with Crippen LogP contribution in [-0.2, 0) is 92.6 Å². The lowest BCUT2D eigenvalue weighted by atomic mass is 9.81. The van der Waals surface area contributed by atoms with Crippen LogP contribution in [0.2, 0.25) is 0 Å². The van der Waals surface area contributed by atoms with Gasteiger partial charge in [0.05, 0.1) is 47.3 Å². The molecule has 94 heavy (non-hydrogen) atoms. The Kier molecular flexibility index (Phi) is 18.9. The van der Waals surface area contributed by atoms with Crippen LogP contribution in [-0.4, -0.2) is 132 Å². The maximum Gasteiger partial charge on any atom is 0.407 e. The Bertz CT molecular complexity index is 4240. The van der Waals surface area contributed by atoms with Gasteiger partial charge in [0.25, 0.3) is 5.56 Å². The molecular weight excluding hydrogens is 1220 g/mol. The fraction of sp³-hybridized carbons (Fsp3) is 0.373. The number of alkyl carbamates (subject to hydrolysis) is 1. The third-order valence-electron chi connectivity index (χ3n) is 17.6. The number of hydrogen-bond acceptors (Lipinski definition) is 18. The number of carbonyl (C=O) groups is 8. The topological polar surface area (TPSA) is 373 Å². The van der Waals surface area contributed by atoms with Gasteiger partial charge in [0.1, 0.15) is 49.1 Å². The van der Waals surface area contributed by atoms with E-state index in [9.17, 15) is 68.7 Å². The number of carboxylic acids is 1. The molecule has 0 saturated carbocycles. The van der Waals surface area contributed by atoms with Gasteiger partial charge in [-0.3, -0.25) is 28.8 Å². The number of cyclic esters (lactones) is 1. The number of para-hydroxylation sites is 1. The van der Waals surface area contributed by atoms with E-state index in [0.717, 1.165) is 11.1 Å². The predicted octanol–water partition coefficient (Wildman–Crippen LogP) is 2.57. The van der Waals surface area contributed by atoms with E-state index in [2.05, 4.69) is 38.4 Å². The first kappa shape index (κ1) is 65.4. The molecule has 8 unspecified atom stereocenters. The molecule has 6 amide bonds. The van der Waals surface area contributed by atoms with Crippen LogP contribution in [0, 0.1) is 24.6 Å². The number of carbonyl (C=O) groups excluding carboxylic acids is 7. The zero-order valence-electron chi connectivity index (χ0n) is 51.2. The maximum atomic E-state index is 15.6. The predicted molar refractivity (Wildman–Crippen MR) is 329 cm³/mol. The van der Waals surface area contributed by atoms with E-state index in [-0.39, 0.29) is 117 Å². The molecule has 6 heterocycles. The number of aliphatic hydroxyl groups is 4. The van der Waals surface area contributed by atoms with Crippen molar-refractivity contribution >= 4 is 64.2 Å². The number of aromatic nitrogens is 2. The van der Waals surface area contributed by atoms with Crippen LogP contribution >= 0.6 is 0 Å². The third kappa shape index (κ3) is 13.0. The second kappa shape index (κ2) is 27.2. The summed E-state index contributed by atoms with van der Waals surface area (Å²) in [7, 11) is 0. The number of ether oxygens (including phenoxy) is 4. The number of carboxylic acid groups (broad SMARTS) is 1. The summed E-state index contributed by atoms with van der Waals surface area (Å²) >= 11 is 0. The number of nitrogens with one attached hydrogen (secondary N) is 5. The zero-order chi connectivity index (χ0) is 66.9.